The number of carbonyl (C=O) groups excluding carboxylic acids is 1. The van der Waals surface area contributed by atoms with Crippen LogP contribution in [0.15, 0.2) is 36.4 Å². The molecular weight excluding hydrogens is 384 g/mol. The number of rotatable bonds is 5. The van der Waals surface area contributed by atoms with E-state index in [0.29, 0.717) is 6.42 Å². The summed E-state index contributed by atoms with van der Waals surface area (Å²) in [7, 11) is 0. The summed E-state index contributed by atoms with van der Waals surface area (Å²) >= 11 is 0. The predicted molar refractivity (Wildman–Crippen MR) is 106 cm³/mol. The van der Waals surface area contributed by atoms with E-state index in [4.69, 9.17) is 0 Å². The molecule has 29 heavy (non-hydrogen) atoms. The van der Waals surface area contributed by atoms with Crippen molar-refractivity contribution in [2.75, 3.05) is 17.2 Å². The Kier molecular flexibility index (Phi) is 6.15. The summed E-state index contributed by atoms with van der Waals surface area (Å²) < 4.78 is 51.8. The Hall–Kier alpha value is -2.57. The quantitative estimate of drug-likeness (QED) is 0.627. The van der Waals surface area contributed by atoms with E-state index >= 15 is 0 Å². The minimum absolute atomic E-state index is 0.0379. The molecule has 0 aromatic heterocycles. The minimum atomic E-state index is -4.82. The number of hydrogen-bond acceptors (Lipinski definition) is 3. The van der Waals surface area contributed by atoms with Crippen molar-refractivity contribution in [2.24, 2.45) is 5.92 Å². The summed E-state index contributed by atoms with van der Waals surface area (Å²) in [5.41, 5.74) is 4.44. The summed E-state index contributed by atoms with van der Waals surface area (Å²) in [5.74, 6) is -3.09. The average Bonchev–Trinajstić information content (AvgIpc) is 2.90. The maximum absolute atomic E-state index is 13.2. The molecule has 1 heterocycles. The third-order valence-electron chi connectivity index (χ3n) is 5.44. The van der Waals surface area contributed by atoms with Crippen molar-refractivity contribution in [3.05, 3.63) is 58.9 Å². The largest absolute Gasteiger partial charge is 0.450 e. The predicted octanol–water partition coefficient (Wildman–Crippen LogP) is 5.67. The number of anilines is 2. The van der Waals surface area contributed by atoms with E-state index in [0.717, 1.165) is 34.5 Å². The normalized spacial score (nSPS) is 17.7. The van der Waals surface area contributed by atoms with Gasteiger partial charge in [0.15, 0.2) is 0 Å². The Labute approximate surface area is 167 Å². The molecule has 0 saturated heterocycles. The molecule has 156 valence electrons. The van der Waals surface area contributed by atoms with Gasteiger partial charge in [0.1, 0.15) is 5.82 Å². The van der Waals surface area contributed by atoms with Crippen LogP contribution in [-0.4, -0.2) is 18.5 Å². The molecule has 2 aromatic carbocycles. The monoisotopic (exact) mass is 408 g/mol. The van der Waals surface area contributed by atoms with Crippen LogP contribution in [-0.2, 0) is 17.6 Å². The van der Waals surface area contributed by atoms with Crippen LogP contribution in [0.2, 0.25) is 0 Å². The number of Topliss-reactive ketones (excluding diaryl/α,β-unsaturated/α-hetero) is 1. The second-order valence-electron chi connectivity index (χ2n) is 7.38. The van der Waals surface area contributed by atoms with Gasteiger partial charge in [0.2, 0.25) is 5.78 Å². The second kappa shape index (κ2) is 8.43. The summed E-state index contributed by atoms with van der Waals surface area (Å²) in [5, 5.41) is 6.49. The summed E-state index contributed by atoms with van der Waals surface area (Å²) in [6, 6.07) is 9.89. The van der Waals surface area contributed by atoms with E-state index in [1.54, 1.807) is 12.1 Å². The number of halogens is 4. The molecule has 0 aliphatic carbocycles. The fourth-order valence-corrected chi connectivity index (χ4v) is 3.76. The lowest BCUT2D eigenvalue weighted by Gasteiger charge is -2.23. The Morgan fingerprint density at radius 2 is 1.90 bits per heavy atom. The zero-order chi connectivity index (χ0) is 21.2. The molecule has 0 fully saturated rings. The van der Waals surface area contributed by atoms with Gasteiger partial charge in [0.05, 0.1) is 0 Å². The lowest BCUT2D eigenvalue weighted by Crippen LogP contribution is -2.34. The van der Waals surface area contributed by atoms with E-state index in [9.17, 15) is 22.4 Å². The van der Waals surface area contributed by atoms with Crippen molar-refractivity contribution < 1.29 is 22.4 Å². The number of aryl methyl sites for hydroxylation is 1. The van der Waals surface area contributed by atoms with Crippen molar-refractivity contribution in [3.8, 4) is 0 Å². The van der Waals surface area contributed by atoms with Gasteiger partial charge < -0.3 is 10.6 Å². The Morgan fingerprint density at radius 3 is 2.52 bits per heavy atom. The standard InChI is InChI=1S/C22H24F4N2O/c1-3-14-7-11-19-18(10-6-16(12-27-19)21(29)22(24,25)26)20(14)28-13(2)15-4-8-17(23)9-5-15/h4-5,7-9,11,13,16,27-28H,3,6,10,12H2,1-2H3/t13-,16?/m0/s1. The fraction of sp³-hybridized carbons (Fsp3) is 0.409. The Morgan fingerprint density at radius 1 is 1.21 bits per heavy atom. The van der Waals surface area contributed by atoms with Crippen molar-refractivity contribution in [1.29, 1.82) is 0 Å². The number of hydrogen-bond donors (Lipinski definition) is 2. The van der Waals surface area contributed by atoms with E-state index in [-0.39, 0.29) is 24.8 Å². The van der Waals surface area contributed by atoms with Gasteiger partial charge in [-0.25, -0.2) is 4.39 Å². The molecule has 1 unspecified atom stereocenters. The molecule has 7 heteroatoms. The highest BCUT2D eigenvalue weighted by molar-refractivity contribution is 5.87. The molecule has 3 rings (SSSR count). The van der Waals surface area contributed by atoms with Gasteiger partial charge in [-0.1, -0.05) is 25.1 Å². The van der Waals surface area contributed by atoms with Crippen LogP contribution in [0, 0.1) is 11.7 Å². The van der Waals surface area contributed by atoms with Gasteiger partial charge in [-0.3, -0.25) is 4.79 Å². The fourth-order valence-electron chi connectivity index (χ4n) is 3.76. The number of fused-ring (bicyclic) bond motifs is 1. The maximum atomic E-state index is 13.2. The highest BCUT2D eigenvalue weighted by Gasteiger charge is 2.43. The lowest BCUT2D eigenvalue weighted by atomic mass is 9.94. The Bertz CT molecular complexity index is 878. The van der Waals surface area contributed by atoms with Crippen LogP contribution in [0.1, 0.15) is 43.0 Å². The summed E-state index contributed by atoms with van der Waals surface area (Å²) in [6.07, 6.45) is -3.58. The number of alkyl halides is 3. The first-order valence-corrected chi connectivity index (χ1v) is 9.72. The van der Waals surface area contributed by atoms with Gasteiger partial charge in [-0.15, -0.1) is 0 Å². The van der Waals surface area contributed by atoms with Gasteiger partial charge >= 0.3 is 6.18 Å². The third-order valence-corrected chi connectivity index (χ3v) is 5.44. The average molecular weight is 408 g/mol. The van der Waals surface area contributed by atoms with Gasteiger partial charge in [0, 0.05) is 29.9 Å². The van der Waals surface area contributed by atoms with Crippen molar-refractivity contribution in [3.63, 3.8) is 0 Å². The van der Waals surface area contributed by atoms with Crippen LogP contribution in [0.3, 0.4) is 0 Å². The molecule has 2 atom stereocenters. The third kappa shape index (κ3) is 4.71. The van der Waals surface area contributed by atoms with Crippen LogP contribution >= 0.6 is 0 Å². The first-order chi connectivity index (χ1) is 13.7. The van der Waals surface area contributed by atoms with Crippen molar-refractivity contribution >= 4 is 17.2 Å². The summed E-state index contributed by atoms with van der Waals surface area (Å²) in [6.45, 7) is 3.92. The zero-order valence-electron chi connectivity index (χ0n) is 16.4. The maximum Gasteiger partial charge on any atom is 0.450 e. The van der Waals surface area contributed by atoms with Crippen LogP contribution < -0.4 is 10.6 Å². The molecule has 0 saturated carbocycles. The summed E-state index contributed by atoms with van der Waals surface area (Å²) in [4.78, 5) is 11.7. The molecule has 0 amide bonds. The van der Waals surface area contributed by atoms with Gasteiger partial charge in [-0.2, -0.15) is 13.2 Å². The number of ketones is 1. The molecule has 0 bridgehead atoms. The molecule has 2 N–H and O–H groups in total. The van der Waals surface area contributed by atoms with Gasteiger partial charge in [-0.05, 0) is 61.1 Å². The van der Waals surface area contributed by atoms with Crippen LogP contribution in [0.5, 0.6) is 0 Å². The van der Waals surface area contributed by atoms with E-state index in [1.165, 1.54) is 12.1 Å². The second-order valence-corrected chi connectivity index (χ2v) is 7.38. The number of carbonyl (C=O) groups is 1. The van der Waals surface area contributed by atoms with E-state index in [2.05, 4.69) is 10.6 Å². The smallest absolute Gasteiger partial charge is 0.384 e. The molecule has 0 radical (unpaired) electrons. The van der Waals surface area contributed by atoms with Crippen LogP contribution in [0.4, 0.5) is 28.9 Å². The molecule has 2 aromatic rings. The topological polar surface area (TPSA) is 41.1 Å². The van der Waals surface area contributed by atoms with Crippen LogP contribution in [0.25, 0.3) is 0 Å². The first-order valence-electron chi connectivity index (χ1n) is 9.72. The highest BCUT2D eigenvalue weighted by atomic mass is 19.4. The van der Waals surface area contributed by atoms with E-state index < -0.39 is 17.9 Å². The Balaban J connectivity index is 1.88. The lowest BCUT2D eigenvalue weighted by molar-refractivity contribution is -0.175. The molecule has 1 aliphatic rings. The highest BCUT2D eigenvalue weighted by Crippen LogP contribution is 2.36. The molecule has 1 aliphatic heterocycles. The number of benzene rings is 2. The first kappa shape index (κ1) is 21.1. The minimum Gasteiger partial charge on any atom is -0.384 e. The zero-order valence-corrected chi connectivity index (χ0v) is 16.4. The molecule has 0 spiro atoms. The van der Waals surface area contributed by atoms with E-state index in [1.807, 2.05) is 26.0 Å². The number of nitrogens with one attached hydrogen (secondary N) is 2. The van der Waals surface area contributed by atoms with Crippen molar-refractivity contribution in [1.82, 2.24) is 0 Å². The molecular formula is C22H24F4N2O. The van der Waals surface area contributed by atoms with Crippen molar-refractivity contribution in [2.45, 2.75) is 45.3 Å². The SMILES string of the molecule is CCc1ccc2c(c1N[C@@H](C)c1ccc(F)cc1)CCC(C(=O)C(F)(F)F)CN2. The van der Waals surface area contributed by atoms with Gasteiger partial charge in [0.25, 0.3) is 0 Å². The molecule has 3 nitrogen and oxygen atoms in total.